The molecule has 4 heteroatoms. The number of hydrogen-bond acceptors (Lipinski definition) is 3. The van der Waals surface area contributed by atoms with Crippen LogP contribution in [0.2, 0.25) is 0 Å². The highest BCUT2D eigenvalue weighted by Crippen LogP contribution is 2.24. The standard InChI is InChI=1S/C13H18FNO2/c1-4-15(9-13(2,3)17)12-10(8-16)6-5-7-11(12)14/h5-8,17H,4,9H2,1-3H3. The van der Waals surface area contributed by atoms with Gasteiger partial charge in [0.05, 0.1) is 11.3 Å². The molecule has 3 nitrogen and oxygen atoms in total. The maximum absolute atomic E-state index is 13.8. The number of rotatable bonds is 5. The molecule has 1 aromatic rings. The van der Waals surface area contributed by atoms with Gasteiger partial charge in [-0.25, -0.2) is 4.39 Å². The van der Waals surface area contributed by atoms with Gasteiger partial charge in [-0.15, -0.1) is 0 Å². The zero-order chi connectivity index (χ0) is 13.1. The first-order valence-corrected chi connectivity index (χ1v) is 5.60. The minimum Gasteiger partial charge on any atom is -0.389 e. The first-order valence-electron chi connectivity index (χ1n) is 5.60. The van der Waals surface area contributed by atoms with Gasteiger partial charge in [0.25, 0.3) is 0 Å². The quantitative estimate of drug-likeness (QED) is 0.801. The molecule has 0 spiro atoms. The number of anilines is 1. The zero-order valence-corrected chi connectivity index (χ0v) is 10.4. The van der Waals surface area contributed by atoms with E-state index >= 15 is 0 Å². The molecule has 0 aliphatic heterocycles. The van der Waals surface area contributed by atoms with Gasteiger partial charge in [0.15, 0.2) is 6.29 Å². The molecule has 0 heterocycles. The number of likely N-dealkylation sites (N-methyl/N-ethyl adjacent to an activating group) is 1. The first-order chi connectivity index (χ1) is 7.89. The third kappa shape index (κ3) is 3.53. The molecule has 0 aromatic heterocycles. The van der Waals surface area contributed by atoms with Crippen molar-refractivity contribution in [3.8, 4) is 0 Å². The highest BCUT2D eigenvalue weighted by Gasteiger charge is 2.21. The average molecular weight is 239 g/mol. The van der Waals surface area contributed by atoms with Gasteiger partial charge in [-0.2, -0.15) is 0 Å². The Bertz CT molecular complexity index is 399. The Morgan fingerprint density at radius 1 is 1.47 bits per heavy atom. The van der Waals surface area contributed by atoms with E-state index in [1.54, 1.807) is 24.8 Å². The van der Waals surface area contributed by atoms with Gasteiger partial charge in [-0.1, -0.05) is 6.07 Å². The summed E-state index contributed by atoms with van der Waals surface area (Å²) in [5.41, 5.74) is -0.387. The second-order valence-electron chi connectivity index (χ2n) is 4.62. The van der Waals surface area contributed by atoms with Gasteiger partial charge in [0.2, 0.25) is 0 Å². The number of aldehydes is 1. The smallest absolute Gasteiger partial charge is 0.152 e. The van der Waals surface area contributed by atoms with Gasteiger partial charge in [-0.05, 0) is 32.9 Å². The van der Waals surface area contributed by atoms with E-state index in [0.717, 1.165) is 0 Å². The molecule has 0 saturated heterocycles. The number of halogens is 1. The van der Waals surface area contributed by atoms with Gasteiger partial charge in [-0.3, -0.25) is 4.79 Å². The van der Waals surface area contributed by atoms with Gasteiger partial charge in [0.1, 0.15) is 5.82 Å². The van der Waals surface area contributed by atoms with Crippen molar-refractivity contribution in [3.05, 3.63) is 29.6 Å². The van der Waals surface area contributed by atoms with Crippen LogP contribution in [0.4, 0.5) is 10.1 Å². The average Bonchev–Trinajstić information content (AvgIpc) is 2.24. The summed E-state index contributed by atoms with van der Waals surface area (Å²) in [6, 6.07) is 4.38. The fraction of sp³-hybridized carbons (Fsp3) is 0.462. The van der Waals surface area contributed by atoms with E-state index in [1.807, 2.05) is 6.92 Å². The molecule has 0 aliphatic carbocycles. The highest BCUT2D eigenvalue weighted by atomic mass is 19.1. The van der Waals surface area contributed by atoms with Crippen LogP contribution < -0.4 is 4.90 Å². The summed E-state index contributed by atoms with van der Waals surface area (Å²) in [7, 11) is 0. The molecule has 1 rings (SSSR count). The lowest BCUT2D eigenvalue weighted by molar-refractivity contribution is 0.0873. The fourth-order valence-electron chi connectivity index (χ4n) is 1.78. The number of benzene rings is 1. The van der Waals surface area contributed by atoms with Crippen molar-refractivity contribution in [2.75, 3.05) is 18.0 Å². The first kappa shape index (κ1) is 13.6. The van der Waals surface area contributed by atoms with Crippen molar-refractivity contribution < 1.29 is 14.3 Å². The molecule has 0 radical (unpaired) electrons. The lowest BCUT2D eigenvalue weighted by Crippen LogP contribution is -2.39. The molecule has 0 unspecified atom stereocenters. The minimum absolute atomic E-state index is 0.257. The normalized spacial score (nSPS) is 11.4. The molecule has 1 aromatic carbocycles. The second-order valence-corrected chi connectivity index (χ2v) is 4.62. The summed E-state index contributed by atoms with van der Waals surface area (Å²) < 4.78 is 13.8. The number of hydrogen-bond donors (Lipinski definition) is 1. The van der Waals surface area contributed by atoms with Gasteiger partial charge < -0.3 is 10.0 Å². The Morgan fingerprint density at radius 3 is 2.59 bits per heavy atom. The monoisotopic (exact) mass is 239 g/mol. The maximum Gasteiger partial charge on any atom is 0.152 e. The molecule has 0 saturated carbocycles. The van der Waals surface area contributed by atoms with Crippen molar-refractivity contribution in [1.82, 2.24) is 0 Å². The van der Waals surface area contributed by atoms with Crippen molar-refractivity contribution in [2.24, 2.45) is 0 Å². The summed E-state index contributed by atoms with van der Waals surface area (Å²) in [6.07, 6.45) is 0.630. The number of para-hydroxylation sites is 1. The fourth-order valence-corrected chi connectivity index (χ4v) is 1.78. The van der Waals surface area contributed by atoms with E-state index < -0.39 is 11.4 Å². The Labute approximate surface area is 101 Å². The van der Waals surface area contributed by atoms with Crippen LogP contribution in [0.3, 0.4) is 0 Å². The maximum atomic E-state index is 13.8. The second kappa shape index (κ2) is 5.27. The Balaban J connectivity index is 3.15. The van der Waals surface area contributed by atoms with Crippen LogP contribution in [0.5, 0.6) is 0 Å². The Kier molecular flexibility index (Phi) is 4.23. The highest BCUT2D eigenvalue weighted by molar-refractivity contribution is 5.84. The summed E-state index contributed by atoms with van der Waals surface area (Å²) >= 11 is 0. The van der Waals surface area contributed by atoms with Crippen LogP contribution in [0.1, 0.15) is 31.1 Å². The SMILES string of the molecule is CCN(CC(C)(C)O)c1c(F)cccc1C=O. The molecule has 0 atom stereocenters. The van der Waals surface area contributed by atoms with Crippen LogP contribution in [-0.4, -0.2) is 30.1 Å². The largest absolute Gasteiger partial charge is 0.389 e. The van der Waals surface area contributed by atoms with E-state index in [9.17, 15) is 14.3 Å². The van der Waals surface area contributed by atoms with Crippen molar-refractivity contribution >= 4 is 12.0 Å². The molecule has 0 fully saturated rings. The lowest BCUT2D eigenvalue weighted by atomic mass is 10.1. The van der Waals surface area contributed by atoms with Gasteiger partial charge in [0, 0.05) is 18.7 Å². The molecule has 0 amide bonds. The summed E-state index contributed by atoms with van der Waals surface area (Å²) in [6.45, 7) is 5.94. The van der Waals surface area contributed by atoms with E-state index in [-0.39, 0.29) is 12.2 Å². The Hall–Kier alpha value is -1.42. The predicted molar refractivity (Wildman–Crippen MR) is 66.0 cm³/mol. The molecule has 17 heavy (non-hydrogen) atoms. The summed E-state index contributed by atoms with van der Waals surface area (Å²) in [4.78, 5) is 12.6. The van der Waals surface area contributed by atoms with Crippen molar-refractivity contribution in [1.29, 1.82) is 0 Å². The van der Waals surface area contributed by atoms with Crippen LogP contribution >= 0.6 is 0 Å². The van der Waals surface area contributed by atoms with Crippen molar-refractivity contribution in [3.63, 3.8) is 0 Å². The van der Waals surface area contributed by atoms with E-state index in [1.165, 1.54) is 12.1 Å². The molecule has 94 valence electrons. The van der Waals surface area contributed by atoms with Gasteiger partial charge >= 0.3 is 0 Å². The lowest BCUT2D eigenvalue weighted by Gasteiger charge is -2.30. The number of carbonyl (C=O) groups is 1. The van der Waals surface area contributed by atoms with Crippen LogP contribution in [0.25, 0.3) is 0 Å². The number of aliphatic hydroxyl groups is 1. The number of nitrogens with zero attached hydrogens (tertiary/aromatic N) is 1. The zero-order valence-electron chi connectivity index (χ0n) is 10.4. The van der Waals surface area contributed by atoms with Crippen molar-refractivity contribution in [2.45, 2.75) is 26.4 Å². The topological polar surface area (TPSA) is 40.5 Å². The number of carbonyl (C=O) groups excluding carboxylic acids is 1. The summed E-state index contributed by atoms with van der Waals surface area (Å²) in [5.74, 6) is -0.444. The van der Waals surface area contributed by atoms with Crippen LogP contribution in [0.15, 0.2) is 18.2 Å². The molecule has 1 N–H and O–H groups in total. The molecular weight excluding hydrogens is 221 g/mol. The minimum atomic E-state index is -0.946. The third-order valence-electron chi connectivity index (χ3n) is 2.42. The molecule has 0 bridgehead atoms. The van der Waals surface area contributed by atoms with Crippen LogP contribution in [-0.2, 0) is 0 Å². The van der Waals surface area contributed by atoms with E-state index in [4.69, 9.17) is 0 Å². The third-order valence-corrected chi connectivity index (χ3v) is 2.42. The Morgan fingerprint density at radius 2 is 2.12 bits per heavy atom. The van der Waals surface area contributed by atoms with E-state index in [0.29, 0.717) is 18.4 Å². The van der Waals surface area contributed by atoms with E-state index in [2.05, 4.69) is 0 Å². The van der Waals surface area contributed by atoms with Crippen LogP contribution in [0, 0.1) is 5.82 Å². The molecular formula is C13H18FNO2. The summed E-state index contributed by atoms with van der Waals surface area (Å²) in [5, 5.41) is 9.78. The molecule has 0 aliphatic rings. The predicted octanol–water partition coefficient (Wildman–Crippen LogP) is 2.24.